The van der Waals surface area contributed by atoms with Gasteiger partial charge < -0.3 is 10.4 Å². The predicted molar refractivity (Wildman–Crippen MR) is 71.4 cm³/mol. The summed E-state index contributed by atoms with van der Waals surface area (Å²) in [5.41, 5.74) is -0.459. The molecule has 17 heavy (non-hydrogen) atoms. The Morgan fingerprint density at radius 2 is 2.24 bits per heavy atom. The van der Waals surface area contributed by atoms with Gasteiger partial charge in [0.15, 0.2) is 5.13 Å². The van der Waals surface area contributed by atoms with Crippen LogP contribution in [-0.2, 0) is 6.54 Å². The Morgan fingerprint density at radius 3 is 2.88 bits per heavy atom. The molecule has 0 aliphatic carbocycles. The van der Waals surface area contributed by atoms with E-state index in [4.69, 9.17) is 0 Å². The van der Waals surface area contributed by atoms with Crippen molar-refractivity contribution >= 4 is 16.5 Å². The highest BCUT2D eigenvalue weighted by atomic mass is 32.1. The molecule has 0 amide bonds. The zero-order valence-corrected chi connectivity index (χ0v) is 11.4. The highest BCUT2D eigenvalue weighted by Gasteiger charge is 2.27. The molecule has 2 rings (SSSR count). The lowest BCUT2D eigenvalue weighted by Gasteiger charge is -2.35. The van der Waals surface area contributed by atoms with Crippen molar-refractivity contribution in [3.63, 3.8) is 0 Å². The van der Waals surface area contributed by atoms with E-state index >= 15 is 0 Å². The molecule has 1 aliphatic rings. The molecular weight excluding hydrogens is 234 g/mol. The number of anilines is 1. The molecule has 1 aromatic heterocycles. The molecule has 4 nitrogen and oxygen atoms in total. The van der Waals surface area contributed by atoms with Crippen molar-refractivity contribution in [2.24, 2.45) is 0 Å². The molecule has 1 fully saturated rings. The summed E-state index contributed by atoms with van der Waals surface area (Å²) in [6.07, 6.45) is 3.69. The minimum Gasteiger partial charge on any atom is -0.390 e. The van der Waals surface area contributed by atoms with Crippen LogP contribution in [0.4, 0.5) is 5.13 Å². The molecule has 0 radical (unpaired) electrons. The van der Waals surface area contributed by atoms with Gasteiger partial charge in [-0.25, -0.2) is 4.98 Å². The van der Waals surface area contributed by atoms with E-state index in [0.29, 0.717) is 0 Å². The summed E-state index contributed by atoms with van der Waals surface area (Å²) >= 11 is 1.72. The van der Waals surface area contributed by atoms with Gasteiger partial charge in [0.1, 0.15) is 0 Å². The van der Waals surface area contributed by atoms with Gasteiger partial charge in [0.2, 0.25) is 0 Å². The third-order valence-electron chi connectivity index (χ3n) is 3.19. The van der Waals surface area contributed by atoms with Crippen molar-refractivity contribution in [3.05, 3.63) is 11.1 Å². The number of rotatable bonds is 4. The molecule has 5 heteroatoms. The number of nitrogens with one attached hydrogen (secondary N) is 1. The average Bonchev–Trinajstić information content (AvgIpc) is 2.70. The van der Waals surface area contributed by atoms with Crippen molar-refractivity contribution < 1.29 is 5.11 Å². The summed E-state index contributed by atoms with van der Waals surface area (Å²) in [7, 11) is 0. The molecule has 2 N–H and O–H groups in total. The van der Waals surface area contributed by atoms with E-state index in [0.717, 1.165) is 44.2 Å². The Kier molecular flexibility index (Phi) is 4.01. The van der Waals surface area contributed by atoms with Gasteiger partial charge in [-0.3, -0.25) is 4.90 Å². The van der Waals surface area contributed by atoms with Crippen LogP contribution < -0.4 is 5.32 Å². The number of hydrogen-bond acceptors (Lipinski definition) is 5. The molecule has 0 bridgehead atoms. The molecule has 2 heterocycles. The van der Waals surface area contributed by atoms with Crippen LogP contribution in [0, 0.1) is 0 Å². The molecule has 0 saturated carbocycles. The van der Waals surface area contributed by atoms with Gasteiger partial charge in [0, 0.05) is 37.3 Å². The van der Waals surface area contributed by atoms with E-state index in [-0.39, 0.29) is 0 Å². The van der Waals surface area contributed by atoms with Gasteiger partial charge in [0.25, 0.3) is 0 Å². The Balaban J connectivity index is 1.84. The van der Waals surface area contributed by atoms with E-state index in [9.17, 15) is 5.11 Å². The van der Waals surface area contributed by atoms with E-state index in [1.54, 1.807) is 11.3 Å². The zero-order valence-electron chi connectivity index (χ0n) is 10.6. The van der Waals surface area contributed by atoms with Crippen LogP contribution in [0.15, 0.2) is 6.20 Å². The maximum Gasteiger partial charge on any atom is 0.182 e. The second kappa shape index (κ2) is 5.33. The third-order valence-corrected chi connectivity index (χ3v) is 4.13. The second-order valence-electron chi connectivity index (χ2n) is 4.94. The Labute approximate surface area is 107 Å². The van der Waals surface area contributed by atoms with Crippen LogP contribution in [0.1, 0.15) is 31.6 Å². The maximum absolute atomic E-state index is 9.89. The number of aromatic nitrogens is 1. The lowest BCUT2D eigenvalue weighted by molar-refractivity contribution is -0.00707. The summed E-state index contributed by atoms with van der Waals surface area (Å²) in [6, 6.07) is 0. The topological polar surface area (TPSA) is 48.4 Å². The van der Waals surface area contributed by atoms with Gasteiger partial charge >= 0.3 is 0 Å². The molecule has 1 aromatic rings. The Bertz CT molecular complexity index is 354. The number of piperidine rings is 1. The van der Waals surface area contributed by atoms with E-state index < -0.39 is 5.60 Å². The summed E-state index contributed by atoms with van der Waals surface area (Å²) in [5, 5.41) is 14.1. The van der Waals surface area contributed by atoms with Crippen LogP contribution in [0.3, 0.4) is 0 Å². The van der Waals surface area contributed by atoms with Crippen LogP contribution in [-0.4, -0.2) is 40.2 Å². The third kappa shape index (κ3) is 3.66. The molecule has 0 atom stereocenters. The Hall–Kier alpha value is -0.650. The Morgan fingerprint density at radius 1 is 1.53 bits per heavy atom. The fraction of sp³-hybridized carbons (Fsp3) is 0.750. The quantitative estimate of drug-likeness (QED) is 0.863. The minimum absolute atomic E-state index is 0.459. The fourth-order valence-corrected chi connectivity index (χ4v) is 2.95. The first-order chi connectivity index (χ1) is 8.09. The average molecular weight is 255 g/mol. The largest absolute Gasteiger partial charge is 0.390 e. The first kappa shape index (κ1) is 12.8. The van der Waals surface area contributed by atoms with Gasteiger partial charge in [0.05, 0.1) is 5.60 Å². The normalized spacial score (nSPS) is 20.4. The van der Waals surface area contributed by atoms with Crippen molar-refractivity contribution in [2.75, 3.05) is 25.0 Å². The number of nitrogens with zero attached hydrogens (tertiary/aromatic N) is 2. The monoisotopic (exact) mass is 255 g/mol. The fourth-order valence-electron chi connectivity index (χ4n) is 2.03. The first-order valence-corrected chi connectivity index (χ1v) is 7.04. The first-order valence-electron chi connectivity index (χ1n) is 6.22. The van der Waals surface area contributed by atoms with Crippen molar-refractivity contribution in [2.45, 2.75) is 38.8 Å². The molecule has 1 saturated heterocycles. The number of likely N-dealkylation sites (tertiary alicyclic amines) is 1. The molecule has 1 aliphatic heterocycles. The maximum atomic E-state index is 9.89. The predicted octanol–water partition coefficient (Wildman–Crippen LogP) is 1.92. The van der Waals surface area contributed by atoms with Crippen molar-refractivity contribution in [3.8, 4) is 0 Å². The summed E-state index contributed by atoms with van der Waals surface area (Å²) < 4.78 is 0. The van der Waals surface area contributed by atoms with Gasteiger partial charge in [-0.1, -0.05) is 0 Å². The van der Waals surface area contributed by atoms with Crippen LogP contribution >= 0.6 is 11.3 Å². The SMILES string of the molecule is CCNc1ncc(CN2CCC(C)(O)CC2)s1. The summed E-state index contributed by atoms with van der Waals surface area (Å²) in [5.74, 6) is 0. The van der Waals surface area contributed by atoms with E-state index in [1.165, 1.54) is 4.88 Å². The van der Waals surface area contributed by atoms with Crippen molar-refractivity contribution in [1.82, 2.24) is 9.88 Å². The highest BCUT2D eigenvalue weighted by molar-refractivity contribution is 7.15. The number of aliphatic hydroxyl groups is 1. The molecular formula is C12H21N3OS. The lowest BCUT2D eigenvalue weighted by Crippen LogP contribution is -2.41. The van der Waals surface area contributed by atoms with Crippen molar-refractivity contribution in [1.29, 1.82) is 0 Å². The molecule has 96 valence electrons. The number of thiazole rings is 1. The van der Waals surface area contributed by atoms with Crippen LogP contribution in [0.5, 0.6) is 0 Å². The van der Waals surface area contributed by atoms with E-state index in [1.807, 2.05) is 13.1 Å². The highest BCUT2D eigenvalue weighted by Crippen LogP contribution is 2.25. The second-order valence-corrected chi connectivity index (χ2v) is 6.05. The van der Waals surface area contributed by atoms with Gasteiger partial charge in [-0.2, -0.15) is 0 Å². The molecule has 0 aromatic carbocycles. The number of hydrogen-bond donors (Lipinski definition) is 2. The summed E-state index contributed by atoms with van der Waals surface area (Å²) in [4.78, 5) is 8.02. The van der Waals surface area contributed by atoms with Crippen LogP contribution in [0.25, 0.3) is 0 Å². The molecule has 0 spiro atoms. The molecule has 0 unspecified atom stereocenters. The summed E-state index contributed by atoms with van der Waals surface area (Å²) in [6.45, 7) is 7.83. The van der Waals surface area contributed by atoms with Gasteiger partial charge in [-0.15, -0.1) is 11.3 Å². The lowest BCUT2D eigenvalue weighted by atomic mass is 9.94. The standard InChI is InChI=1S/C12H21N3OS/c1-3-13-11-14-8-10(17-11)9-15-6-4-12(2,16)5-7-15/h8,16H,3-7,9H2,1-2H3,(H,13,14). The zero-order chi connectivity index (χ0) is 12.3. The minimum atomic E-state index is -0.459. The van der Waals surface area contributed by atoms with E-state index in [2.05, 4.69) is 22.1 Å². The van der Waals surface area contributed by atoms with Crippen LogP contribution in [0.2, 0.25) is 0 Å². The smallest absolute Gasteiger partial charge is 0.182 e. The van der Waals surface area contributed by atoms with Gasteiger partial charge in [-0.05, 0) is 26.7 Å².